The van der Waals surface area contributed by atoms with Crippen molar-refractivity contribution < 1.29 is 19.4 Å². The molecule has 0 spiro atoms. The van der Waals surface area contributed by atoms with Gasteiger partial charge in [-0.2, -0.15) is 0 Å². The minimum absolute atomic E-state index is 0.0537. The number of amides is 1. The Kier molecular flexibility index (Phi) is 6.55. The molecule has 0 rings (SSSR count). The van der Waals surface area contributed by atoms with E-state index < -0.39 is 11.7 Å². The van der Waals surface area contributed by atoms with E-state index in [4.69, 9.17) is 9.47 Å². The molecular weight excluding hydrogens is 210 g/mol. The summed E-state index contributed by atoms with van der Waals surface area (Å²) in [6.07, 6.45) is -0.357. The highest BCUT2D eigenvalue weighted by molar-refractivity contribution is 5.76. The molecule has 1 N–H and O–H groups in total. The second kappa shape index (κ2) is 6.83. The maximum atomic E-state index is 11.8. The fraction of sp³-hybridized carbons (Fsp3) is 0.909. The number of aliphatic hydroxyl groups excluding tert-OH is 1. The zero-order chi connectivity index (χ0) is 12.8. The van der Waals surface area contributed by atoms with Crippen molar-refractivity contribution in [1.82, 2.24) is 4.90 Å². The number of hydrogen-bond donors (Lipinski definition) is 1. The van der Waals surface area contributed by atoms with Crippen LogP contribution in [0, 0.1) is 0 Å². The Hall–Kier alpha value is -0.650. The average Bonchev–Trinajstić information content (AvgIpc) is 2.17. The van der Waals surface area contributed by atoms with Crippen molar-refractivity contribution in [3.63, 3.8) is 0 Å². The number of rotatable bonds is 7. The van der Waals surface area contributed by atoms with E-state index in [-0.39, 0.29) is 19.1 Å². The average molecular weight is 233 g/mol. The van der Waals surface area contributed by atoms with Crippen LogP contribution in [0.1, 0.15) is 20.3 Å². The summed E-state index contributed by atoms with van der Waals surface area (Å²) in [6.45, 7) is 4.20. The second-order valence-electron chi connectivity index (χ2n) is 4.52. The van der Waals surface area contributed by atoms with E-state index in [0.717, 1.165) is 0 Å². The van der Waals surface area contributed by atoms with Crippen LogP contribution in [0.25, 0.3) is 0 Å². The van der Waals surface area contributed by atoms with Gasteiger partial charge in [0.25, 0.3) is 0 Å². The number of carbonyl (C=O) groups excluding carboxylic acids is 1. The number of aliphatic hydroxyl groups is 1. The second-order valence-corrected chi connectivity index (χ2v) is 4.52. The number of methoxy groups -OCH3 is 2. The summed E-state index contributed by atoms with van der Waals surface area (Å²) < 4.78 is 9.97. The van der Waals surface area contributed by atoms with Crippen molar-refractivity contribution in [3.8, 4) is 0 Å². The lowest BCUT2D eigenvalue weighted by Gasteiger charge is -2.26. The summed E-state index contributed by atoms with van der Waals surface area (Å²) in [6, 6.07) is 0. The smallest absolute Gasteiger partial charge is 0.225 e. The molecule has 0 saturated heterocycles. The molecule has 0 aliphatic rings. The predicted molar refractivity (Wildman–Crippen MR) is 61.2 cm³/mol. The van der Waals surface area contributed by atoms with Crippen molar-refractivity contribution in [2.75, 3.05) is 34.4 Å². The first kappa shape index (κ1) is 15.3. The highest BCUT2D eigenvalue weighted by Gasteiger charge is 2.24. The normalized spacial score (nSPS) is 13.6. The lowest BCUT2D eigenvalue weighted by Crippen LogP contribution is -2.40. The van der Waals surface area contributed by atoms with Crippen LogP contribution in [0.3, 0.4) is 0 Å². The monoisotopic (exact) mass is 233 g/mol. The SMILES string of the molecule is COCC(O)CN(C)C(=O)CC(C)(C)OC. The standard InChI is InChI=1S/C11H23NO4/c1-11(2,16-5)6-10(14)12(3)7-9(13)8-15-4/h9,13H,6-8H2,1-5H3. The lowest BCUT2D eigenvalue weighted by atomic mass is 10.0. The van der Waals surface area contributed by atoms with E-state index >= 15 is 0 Å². The molecule has 0 saturated carbocycles. The molecule has 1 amide bonds. The molecule has 0 heterocycles. The molecule has 5 heteroatoms. The van der Waals surface area contributed by atoms with Crippen LogP contribution in [0.5, 0.6) is 0 Å². The summed E-state index contributed by atoms with van der Waals surface area (Å²) in [7, 11) is 4.75. The van der Waals surface area contributed by atoms with Gasteiger partial charge in [0.1, 0.15) is 0 Å². The third-order valence-corrected chi connectivity index (χ3v) is 2.40. The van der Waals surface area contributed by atoms with Crippen LogP contribution < -0.4 is 0 Å². The maximum Gasteiger partial charge on any atom is 0.225 e. The zero-order valence-corrected chi connectivity index (χ0v) is 10.8. The van der Waals surface area contributed by atoms with E-state index in [1.165, 1.54) is 12.0 Å². The molecule has 0 bridgehead atoms. The van der Waals surface area contributed by atoms with Crippen molar-refractivity contribution in [1.29, 1.82) is 0 Å². The van der Waals surface area contributed by atoms with Gasteiger partial charge in [-0.05, 0) is 13.8 Å². The van der Waals surface area contributed by atoms with Gasteiger partial charge < -0.3 is 19.5 Å². The van der Waals surface area contributed by atoms with E-state index in [1.54, 1.807) is 14.2 Å². The first-order chi connectivity index (χ1) is 7.32. The summed E-state index contributed by atoms with van der Waals surface area (Å²) in [5, 5.41) is 9.47. The first-order valence-corrected chi connectivity index (χ1v) is 5.28. The van der Waals surface area contributed by atoms with Crippen molar-refractivity contribution in [2.24, 2.45) is 0 Å². The first-order valence-electron chi connectivity index (χ1n) is 5.28. The number of nitrogens with zero attached hydrogens (tertiary/aromatic N) is 1. The number of likely N-dealkylation sites (N-methyl/N-ethyl adjacent to an activating group) is 1. The van der Waals surface area contributed by atoms with Gasteiger partial charge in [0, 0.05) is 27.8 Å². The topological polar surface area (TPSA) is 59.0 Å². The Labute approximate surface area is 97.3 Å². The number of carbonyl (C=O) groups is 1. The van der Waals surface area contributed by atoms with Crippen LogP contribution in [0.2, 0.25) is 0 Å². The molecule has 1 unspecified atom stereocenters. The van der Waals surface area contributed by atoms with Gasteiger partial charge in [0.2, 0.25) is 5.91 Å². The summed E-state index contributed by atoms with van der Waals surface area (Å²) in [4.78, 5) is 13.2. The van der Waals surface area contributed by atoms with Crippen molar-refractivity contribution in [2.45, 2.75) is 32.0 Å². The summed E-state index contributed by atoms with van der Waals surface area (Å²) in [5.41, 5.74) is -0.475. The van der Waals surface area contributed by atoms with Gasteiger partial charge in [-0.25, -0.2) is 0 Å². The Bertz CT molecular complexity index is 218. The Morgan fingerprint density at radius 2 is 2.00 bits per heavy atom. The molecule has 1 atom stereocenters. The van der Waals surface area contributed by atoms with Gasteiger partial charge in [-0.3, -0.25) is 4.79 Å². The molecule has 0 aliphatic heterocycles. The Morgan fingerprint density at radius 1 is 1.44 bits per heavy atom. The maximum absolute atomic E-state index is 11.8. The fourth-order valence-corrected chi connectivity index (χ4v) is 1.23. The molecule has 0 fully saturated rings. The Morgan fingerprint density at radius 3 is 2.44 bits per heavy atom. The van der Waals surface area contributed by atoms with E-state index in [9.17, 15) is 9.90 Å². The van der Waals surface area contributed by atoms with Crippen LogP contribution >= 0.6 is 0 Å². The fourth-order valence-electron chi connectivity index (χ4n) is 1.23. The molecule has 16 heavy (non-hydrogen) atoms. The van der Waals surface area contributed by atoms with E-state index in [1.807, 2.05) is 13.8 Å². The van der Waals surface area contributed by atoms with Gasteiger partial charge in [-0.15, -0.1) is 0 Å². The summed E-state index contributed by atoms with van der Waals surface area (Å²) in [5.74, 6) is -0.0537. The van der Waals surface area contributed by atoms with Crippen LogP contribution in [-0.4, -0.2) is 62.0 Å². The van der Waals surface area contributed by atoms with Crippen molar-refractivity contribution in [3.05, 3.63) is 0 Å². The predicted octanol–water partition coefficient (Wildman–Crippen LogP) is 0.267. The minimum Gasteiger partial charge on any atom is -0.389 e. The van der Waals surface area contributed by atoms with E-state index in [2.05, 4.69) is 0 Å². The summed E-state index contributed by atoms with van der Waals surface area (Å²) >= 11 is 0. The number of hydrogen-bond acceptors (Lipinski definition) is 4. The van der Waals surface area contributed by atoms with E-state index in [0.29, 0.717) is 6.42 Å². The molecule has 0 radical (unpaired) electrons. The largest absolute Gasteiger partial charge is 0.389 e. The highest BCUT2D eigenvalue weighted by atomic mass is 16.5. The minimum atomic E-state index is -0.649. The third kappa shape index (κ3) is 6.05. The molecular formula is C11H23NO4. The lowest BCUT2D eigenvalue weighted by molar-refractivity contribution is -0.136. The van der Waals surface area contributed by atoms with Crippen LogP contribution in [0.15, 0.2) is 0 Å². The molecule has 0 aromatic carbocycles. The van der Waals surface area contributed by atoms with Gasteiger partial charge in [-0.1, -0.05) is 0 Å². The van der Waals surface area contributed by atoms with Crippen LogP contribution in [0.4, 0.5) is 0 Å². The highest BCUT2D eigenvalue weighted by Crippen LogP contribution is 2.14. The molecule has 5 nitrogen and oxygen atoms in total. The van der Waals surface area contributed by atoms with Crippen molar-refractivity contribution >= 4 is 5.91 Å². The molecule has 0 aromatic rings. The molecule has 0 aliphatic carbocycles. The molecule has 96 valence electrons. The number of ether oxygens (including phenoxy) is 2. The van der Waals surface area contributed by atoms with Gasteiger partial charge in [0.15, 0.2) is 0 Å². The Balaban J connectivity index is 4.09. The quantitative estimate of drug-likeness (QED) is 0.685. The van der Waals surface area contributed by atoms with Gasteiger partial charge in [0.05, 0.1) is 24.7 Å². The molecule has 0 aromatic heterocycles. The van der Waals surface area contributed by atoms with Crippen LogP contribution in [-0.2, 0) is 14.3 Å². The zero-order valence-electron chi connectivity index (χ0n) is 10.8. The van der Waals surface area contributed by atoms with Gasteiger partial charge >= 0.3 is 0 Å². The third-order valence-electron chi connectivity index (χ3n) is 2.40.